The largest absolute Gasteiger partial charge is 0.343 e. The van der Waals surface area contributed by atoms with Gasteiger partial charge < -0.3 is 5.32 Å². The van der Waals surface area contributed by atoms with E-state index in [2.05, 4.69) is 26.2 Å². The van der Waals surface area contributed by atoms with E-state index in [1.54, 1.807) is 43.5 Å². The van der Waals surface area contributed by atoms with Gasteiger partial charge in [0.1, 0.15) is 17.5 Å². The summed E-state index contributed by atoms with van der Waals surface area (Å²) in [5.41, 5.74) is 1.03. The van der Waals surface area contributed by atoms with Gasteiger partial charge in [0.2, 0.25) is 5.78 Å². The number of ketones is 1. The molecule has 1 aromatic heterocycles. The van der Waals surface area contributed by atoms with Gasteiger partial charge in [-0.1, -0.05) is 30.3 Å². The fourth-order valence-corrected chi connectivity index (χ4v) is 1.98. The lowest BCUT2D eigenvalue weighted by Crippen LogP contribution is -2.09. The van der Waals surface area contributed by atoms with E-state index in [1.807, 2.05) is 18.2 Å². The first-order chi connectivity index (χ1) is 10.1. The highest BCUT2D eigenvalue weighted by Gasteiger charge is 2.15. The lowest BCUT2D eigenvalue weighted by molar-refractivity contribution is 0.103. The fraction of sp³-hybridized carbons (Fsp3) is 0.0625. The summed E-state index contributed by atoms with van der Waals surface area (Å²) in [6.07, 6.45) is 1.64. The van der Waals surface area contributed by atoms with Crippen molar-refractivity contribution in [3.63, 3.8) is 0 Å². The van der Waals surface area contributed by atoms with Gasteiger partial charge in [0.05, 0.1) is 0 Å². The Kier molecular flexibility index (Phi) is 4.85. The van der Waals surface area contributed by atoms with Crippen molar-refractivity contribution in [2.45, 2.75) is 6.92 Å². The van der Waals surface area contributed by atoms with E-state index in [-0.39, 0.29) is 11.4 Å². The predicted octanol–water partition coefficient (Wildman–Crippen LogP) is 3.94. The Bertz CT molecular complexity index is 715. The van der Waals surface area contributed by atoms with Crippen molar-refractivity contribution < 1.29 is 4.79 Å². The lowest BCUT2D eigenvalue weighted by Gasteiger charge is -2.08. The SMILES string of the molecule is C/C(Nc1ccc(Br)cn1)=C(/C#N)C(=O)c1ccccc1. The molecular weight excluding hydrogens is 330 g/mol. The average molecular weight is 342 g/mol. The molecular formula is C16H12BrN3O. The van der Waals surface area contributed by atoms with Gasteiger partial charge in [-0.2, -0.15) is 5.26 Å². The Morgan fingerprint density at radius 2 is 1.95 bits per heavy atom. The summed E-state index contributed by atoms with van der Waals surface area (Å²) in [5.74, 6) is 0.268. The van der Waals surface area contributed by atoms with E-state index in [0.29, 0.717) is 17.1 Å². The topological polar surface area (TPSA) is 65.8 Å². The van der Waals surface area contributed by atoms with E-state index in [9.17, 15) is 10.1 Å². The van der Waals surface area contributed by atoms with Crippen LogP contribution in [0.25, 0.3) is 0 Å². The third kappa shape index (κ3) is 3.77. The number of anilines is 1. The standard InChI is InChI=1S/C16H12BrN3O/c1-11(20-15-8-7-13(17)10-19-15)14(9-18)16(21)12-5-3-2-4-6-12/h2-8,10H,1H3,(H,19,20)/b14-11+. The van der Waals surface area contributed by atoms with Crippen LogP contribution in [0.1, 0.15) is 17.3 Å². The Morgan fingerprint density at radius 1 is 1.24 bits per heavy atom. The fourth-order valence-electron chi connectivity index (χ4n) is 1.74. The zero-order valence-corrected chi connectivity index (χ0v) is 12.9. The number of aromatic nitrogens is 1. The van der Waals surface area contributed by atoms with Crippen LogP contribution in [0.2, 0.25) is 0 Å². The summed E-state index contributed by atoms with van der Waals surface area (Å²) in [6.45, 7) is 1.68. The Labute approximate surface area is 131 Å². The van der Waals surface area contributed by atoms with Gasteiger partial charge in [-0.15, -0.1) is 0 Å². The zero-order valence-electron chi connectivity index (χ0n) is 11.3. The number of nitrogens with one attached hydrogen (secondary N) is 1. The normalized spacial score (nSPS) is 11.3. The minimum Gasteiger partial charge on any atom is -0.343 e. The monoisotopic (exact) mass is 341 g/mol. The molecule has 2 rings (SSSR count). The van der Waals surface area contributed by atoms with Crippen LogP contribution in [0.5, 0.6) is 0 Å². The number of Topliss-reactive ketones (excluding diaryl/α,β-unsaturated/α-hetero) is 1. The molecule has 0 aliphatic rings. The number of benzene rings is 1. The molecule has 4 nitrogen and oxygen atoms in total. The highest BCUT2D eigenvalue weighted by atomic mass is 79.9. The van der Waals surface area contributed by atoms with Gasteiger partial charge >= 0.3 is 0 Å². The molecule has 0 bridgehead atoms. The second-order valence-electron chi connectivity index (χ2n) is 4.29. The minimum absolute atomic E-state index is 0.0749. The molecule has 0 atom stereocenters. The van der Waals surface area contributed by atoms with Crippen LogP contribution < -0.4 is 5.32 Å². The van der Waals surface area contributed by atoms with Gasteiger partial charge in [0.15, 0.2) is 0 Å². The van der Waals surface area contributed by atoms with Gasteiger partial charge in [-0.3, -0.25) is 4.79 Å². The Hall–Kier alpha value is -2.45. The molecule has 1 aromatic carbocycles. The molecule has 0 saturated heterocycles. The van der Waals surface area contributed by atoms with Crippen LogP contribution in [0.3, 0.4) is 0 Å². The summed E-state index contributed by atoms with van der Waals surface area (Å²) >= 11 is 3.30. The molecule has 0 radical (unpaired) electrons. The minimum atomic E-state index is -0.305. The second-order valence-corrected chi connectivity index (χ2v) is 5.21. The number of halogens is 1. The molecule has 5 heteroatoms. The zero-order chi connectivity index (χ0) is 15.2. The molecule has 1 heterocycles. The molecule has 1 N–H and O–H groups in total. The van der Waals surface area contributed by atoms with Crippen LogP contribution in [-0.2, 0) is 0 Å². The predicted molar refractivity (Wildman–Crippen MR) is 84.6 cm³/mol. The van der Waals surface area contributed by atoms with Crippen molar-refractivity contribution >= 4 is 27.5 Å². The Morgan fingerprint density at radius 3 is 2.52 bits per heavy atom. The number of hydrogen-bond donors (Lipinski definition) is 1. The first kappa shape index (κ1) is 14.9. The van der Waals surface area contributed by atoms with Gasteiger partial charge in [0.25, 0.3) is 0 Å². The maximum atomic E-state index is 12.3. The molecule has 104 valence electrons. The average Bonchev–Trinajstić information content (AvgIpc) is 2.51. The Balaban J connectivity index is 2.28. The van der Waals surface area contributed by atoms with Crippen LogP contribution in [0, 0.1) is 11.3 Å². The van der Waals surface area contributed by atoms with Crippen molar-refractivity contribution in [1.82, 2.24) is 4.98 Å². The van der Waals surface area contributed by atoms with E-state index >= 15 is 0 Å². The van der Waals surface area contributed by atoms with Crippen LogP contribution in [-0.4, -0.2) is 10.8 Å². The molecule has 0 unspecified atom stereocenters. The van der Waals surface area contributed by atoms with Gasteiger partial charge in [-0.25, -0.2) is 4.98 Å². The first-order valence-corrected chi connectivity index (χ1v) is 7.00. The number of carbonyl (C=O) groups excluding carboxylic acids is 1. The van der Waals surface area contributed by atoms with Crippen molar-refractivity contribution in [1.29, 1.82) is 5.26 Å². The molecule has 0 aliphatic heterocycles. The van der Waals surface area contributed by atoms with Crippen molar-refractivity contribution in [2.24, 2.45) is 0 Å². The number of carbonyl (C=O) groups is 1. The van der Waals surface area contributed by atoms with Gasteiger partial charge in [0, 0.05) is 21.9 Å². The quantitative estimate of drug-likeness (QED) is 0.519. The summed E-state index contributed by atoms with van der Waals surface area (Å²) in [5, 5.41) is 12.2. The number of hydrogen-bond acceptors (Lipinski definition) is 4. The van der Waals surface area contributed by atoms with E-state index in [1.165, 1.54) is 0 Å². The summed E-state index contributed by atoms with van der Waals surface area (Å²) in [7, 11) is 0. The molecule has 0 aliphatic carbocycles. The summed E-state index contributed by atoms with van der Waals surface area (Å²) < 4.78 is 0.857. The van der Waals surface area contributed by atoms with E-state index in [0.717, 1.165) is 4.47 Å². The third-order valence-electron chi connectivity index (χ3n) is 2.79. The highest BCUT2D eigenvalue weighted by Crippen LogP contribution is 2.16. The number of nitrogens with zero attached hydrogens (tertiary/aromatic N) is 2. The maximum Gasteiger partial charge on any atom is 0.205 e. The van der Waals surface area contributed by atoms with Crippen molar-refractivity contribution in [3.8, 4) is 6.07 Å². The molecule has 2 aromatic rings. The summed E-state index contributed by atoms with van der Waals surface area (Å²) in [4.78, 5) is 16.5. The lowest BCUT2D eigenvalue weighted by atomic mass is 10.0. The van der Waals surface area contributed by atoms with Crippen molar-refractivity contribution in [2.75, 3.05) is 5.32 Å². The molecule has 0 amide bonds. The molecule has 21 heavy (non-hydrogen) atoms. The molecule has 0 spiro atoms. The van der Waals surface area contributed by atoms with Crippen LogP contribution >= 0.6 is 15.9 Å². The number of nitriles is 1. The highest BCUT2D eigenvalue weighted by molar-refractivity contribution is 9.10. The van der Waals surface area contributed by atoms with Gasteiger partial charge in [-0.05, 0) is 35.0 Å². The van der Waals surface area contributed by atoms with E-state index < -0.39 is 0 Å². The smallest absolute Gasteiger partial charge is 0.205 e. The second kappa shape index (κ2) is 6.82. The first-order valence-electron chi connectivity index (χ1n) is 6.21. The van der Waals surface area contributed by atoms with Crippen LogP contribution in [0.4, 0.5) is 5.82 Å². The number of rotatable bonds is 4. The number of allylic oxidation sites excluding steroid dienone is 2. The maximum absolute atomic E-state index is 12.3. The van der Waals surface area contributed by atoms with Crippen LogP contribution in [0.15, 0.2) is 64.4 Å². The molecule has 0 fully saturated rings. The molecule has 0 saturated carbocycles. The van der Waals surface area contributed by atoms with E-state index in [4.69, 9.17) is 0 Å². The van der Waals surface area contributed by atoms with Crippen molar-refractivity contribution in [3.05, 3.63) is 70.0 Å². The summed E-state index contributed by atoms with van der Waals surface area (Å²) in [6, 6.07) is 14.3. The third-order valence-corrected chi connectivity index (χ3v) is 3.26. The number of pyridine rings is 1.